The summed E-state index contributed by atoms with van der Waals surface area (Å²) < 4.78 is 5.04. The Morgan fingerprint density at radius 3 is 2.29 bits per heavy atom. The molecule has 108 valence electrons. The number of carbonyl (C=O) groups excluding carboxylic acids is 2. The van der Waals surface area contributed by atoms with Gasteiger partial charge in [-0.05, 0) is 29.8 Å². The number of benzene rings is 2. The third kappa shape index (κ3) is 4.76. The normalized spacial score (nSPS) is 9.95. The van der Waals surface area contributed by atoms with Crippen molar-refractivity contribution in [2.24, 2.45) is 0 Å². The van der Waals surface area contributed by atoms with Gasteiger partial charge in [0.25, 0.3) is 0 Å². The minimum atomic E-state index is -0.305. The van der Waals surface area contributed by atoms with E-state index in [1.807, 2.05) is 30.3 Å². The molecule has 4 heteroatoms. The minimum Gasteiger partial charge on any atom is -0.497 e. The number of Topliss-reactive ketones (excluding diaryl/α,β-unsaturated/α-hetero) is 1. The zero-order valence-electron chi connectivity index (χ0n) is 11.8. The highest BCUT2D eigenvalue weighted by atomic mass is 16.5. The fourth-order valence-electron chi connectivity index (χ4n) is 1.94. The van der Waals surface area contributed by atoms with Gasteiger partial charge in [0.05, 0.1) is 13.5 Å². The Morgan fingerprint density at radius 2 is 1.67 bits per heavy atom. The van der Waals surface area contributed by atoms with E-state index in [4.69, 9.17) is 4.74 Å². The Bertz CT molecular complexity index is 606. The van der Waals surface area contributed by atoms with Gasteiger partial charge < -0.3 is 10.1 Å². The molecule has 0 saturated carbocycles. The van der Waals surface area contributed by atoms with E-state index < -0.39 is 0 Å². The molecule has 0 spiro atoms. The van der Waals surface area contributed by atoms with Gasteiger partial charge >= 0.3 is 0 Å². The summed E-state index contributed by atoms with van der Waals surface area (Å²) in [7, 11) is 1.58. The van der Waals surface area contributed by atoms with Crippen LogP contribution < -0.4 is 10.1 Å². The number of ether oxygens (including phenoxy) is 1. The number of methoxy groups -OCH3 is 1. The third-order valence-corrected chi connectivity index (χ3v) is 2.98. The van der Waals surface area contributed by atoms with E-state index in [-0.39, 0.29) is 24.5 Å². The highest BCUT2D eigenvalue weighted by molar-refractivity contribution is 6.04. The number of anilines is 1. The molecule has 2 aromatic carbocycles. The second kappa shape index (κ2) is 7.24. The van der Waals surface area contributed by atoms with Crippen LogP contribution in [-0.4, -0.2) is 18.8 Å². The van der Waals surface area contributed by atoms with Gasteiger partial charge in [0, 0.05) is 12.1 Å². The van der Waals surface area contributed by atoms with Crippen molar-refractivity contribution >= 4 is 17.4 Å². The van der Waals surface area contributed by atoms with Crippen LogP contribution in [0.25, 0.3) is 0 Å². The first-order valence-electron chi connectivity index (χ1n) is 6.67. The number of carbonyl (C=O) groups is 2. The minimum absolute atomic E-state index is 0.104. The van der Waals surface area contributed by atoms with Crippen molar-refractivity contribution in [1.82, 2.24) is 0 Å². The van der Waals surface area contributed by atoms with Crippen LogP contribution in [0.15, 0.2) is 54.6 Å². The van der Waals surface area contributed by atoms with E-state index in [0.29, 0.717) is 11.4 Å². The largest absolute Gasteiger partial charge is 0.497 e. The van der Waals surface area contributed by atoms with E-state index in [2.05, 4.69) is 5.32 Å². The van der Waals surface area contributed by atoms with Crippen LogP contribution in [0.5, 0.6) is 5.75 Å². The van der Waals surface area contributed by atoms with Crippen LogP contribution in [0.4, 0.5) is 5.69 Å². The van der Waals surface area contributed by atoms with Gasteiger partial charge in [0.15, 0.2) is 0 Å². The van der Waals surface area contributed by atoms with E-state index in [9.17, 15) is 9.59 Å². The summed E-state index contributed by atoms with van der Waals surface area (Å²) in [5.74, 6) is 0.307. The van der Waals surface area contributed by atoms with Crippen molar-refractivity contribution in [3.05, 3.63) is 60.2 Å². The molecule has 1 N–H and O–H groups in total. The molecule has 0 fully saturated rings. The summed E-state index contributed by atoms with van der Waals surface area (Å²) >= 11 is 0. The molecule has 0 saturated heterocycles. The lowest BCUT2D eigenvalue weighted by Gasteiger charge is -2.06. The van der Waals surface area contributed by atoms with Crippen molar-refractivity contribution in [2.75, 3.05) is 12.4 Å². The SMILES string of the molecule is COc1ccc(NC(=O)CC(=O)Cc2ccccc2)cc1. The summed E-state index contributed by atoms with van der Waals surface area (Å²) in [4.78, 5) is 23.6. The Balaban J connectivity index is 1.84. The summed E-state index contributed by atoms with van der Waals surface area (Å²) in [5.41, 5.74) is 1.56. The zero-order chi connectivity index (χ0) is 15.1. The zero-order valence-corrected chi connectivity index (χ0v) is 11.8. The first kappa shape index (κ1) is 14.8. The van der Waals surface area contributed by atoms with E-state index in [1.54, 1.807) is 31.4 Å². The standard InChI is InChI=1S/C17H17NO3/c1-21-16-9-7-14(8-10-16)18-17(20)12-15(19)11-13-5-3-2-4-6-13/h2-10H,11-12H2,1H3,(H,18,20). The third-order valence-electron chi connectivity index (χ3n) is 2.98. The van der Waals surface area contributed by atoms with Crippen molar-refractivity contribution in [3.63, 3.8) is 0 Å². The fourth-order valence-corrected chi connectivity index (χ4v) is 1.94. The average Bonchev–Trinajstić information content (AvgIpc) is 2.48. The lowest BCUT2D eigenvalue weighted by Crippen LogP contribution is -2.17. The quantitative estimate of drug-likeness (QED) is 0.829. The second-order valence-electron chi connectivity index (χ2n) is 4.65. The average molecular weight is 283 g/mol. The maximum absolute atomic E-state index is 11.8. The monoisotopic (exact) mass is 283 g/mol. The van der Waals surface area contributed by atoms with Crippen LogP contribution in [0.1, 0.15) is 12.0 Å². The number of ketones is 1. The summed E-state index contributed by atoms with van der Waals surface area (Å²) in [5, 5.41) is 2.69. The number of hydrogen-bond acceptors (Lipinski definition) is 3. The first-order chi connectivity index (χ1) is 10.2. The molecule has 0 aliphatic heterocycles. The molecule has 0 atom stereocenters. The maximum Gasteiger partial charge on any atom is 0.231 e. The lowest BCUT2D eigenvalue weighted by molar-refractivity contribution is -0.125. The van der Waals surface area contributed by atoms with Crippen molar-refractivity contribution < 1.29 is 14.3 Å². The van der Waals surface area contributed by atoms with Gasteiger partial charge in [-0.3, -0.25) is 9.59 Å². The molecule has 0 aromatic heterocycles. The molecular weight excluding hydrogens is 266 g/mol. The predicted octanol–water partition coefficient (Wildman–Crippen LogP) is 2.84. The van der Waals surface area contributed by atoms with Gasteiger partial charge in [-0.15, -0.1) is 0 Å². The molecule has 4 nitrogen and oxygen atoms in total. The van der Waals surface area contributed by atoms with Crippen LogP contribution in [0.3, 0.4) is 0 Å². The second-order valence-corrected chi connectivity index (χ2v) is 4.65. The van der Waals surface area contributed by atoms with E-state index in [0.717, 1.165) is 5.56 Å². The maximum atomic E-state index is 11.8. The smallest absolute Gasteiger partial charge is 0.231 e. The van der Waals surface area contributed by atoms with Gasteiger partial charge in [-0.25, -0.2) is 0 Å². The summed E-state index contributed by atoms with van der Waals surface area (Å²) in [6, 6.07) is 16.4. The Labute approximate surface area is 123 Å². The molecule has 0 aliphatic rings. The van der Waals surface area contributed by atoms with Gasteiger partial charge in [0.2, 0.25) is 5.91 Å². The van der Waals surface area contributed by atoms with Crippen LogP contribution in [0.2, 0.25) is 0 Å². The van der Waals surface area contributed by atoms with Crippen LogP contribution in [-0.2, 0) is 16.0 Å². The predicted molar refractivity (Wildman–Crippen MR) is 81.4 cm³/mol. The number of amides is 1. The van der Waals surface area contributed by atoms with Crippen LogP contribution in [0, 0.1) is 0 Å². The molecule has 0 unspecified atom stereocenters. The molecule has 0 radical (unpaired) electrons. The summed E-state index contributed by atoms with van der Waals surface area (Å²) in [6.45, 7) is 0. The molecule has 2 rings (SSSR count). The highest BCUT2D eigenvalue weighted by Crippen LogP contribution is 2.15. The van der Waals surface area contributed by atoms with Crippen molar-refractivity contribution in [1.29, 1.82) is 0 Å². The van der Waals surface area contributed by atoms with Crippen LogP contribution >= 0.6 is 0 Å². The van der Waals surface area contributed by atoms with E-state index in [1.165, 1.54) is 0 Å². The van der Waals surface area contributed by atoms with Gasteiger partial charge in [0.1, 0.15) is 11.5 Å². The van der Waals surface area contributed by atoms with E-state index >= 15 is 0 Å². The molecular formula is C17H17NO3. The summed E-state index contributed by atoms with van der Waals surface area (Å²) in [6.07, 6.45) is 0.151. The number of rotatable bonds is 6. The number of hydrogen-bond donors (Lipinski definition) is 1. The lowest BCUT2D eigenvalue weighted by atomic mass is 10.1. The Hall–Kier alpha value is -2.62. The van der Waals surface area contributed by atoms with Crippen molar-refractivity contribution in [2.45, 2.75) is 12.8 Å². The molecule has 0 aliphatic carbocycles. The molecule has 0 heterocycles. The molecule has 21 heavy (non-hydrogen) atoms. The topological polar surface area (TPSA) is 55.4 Å². The Morgan fingerprint density at radius 1 is 1.00 bits per heavy atom. The molecule has 1 amide bonds. The fraction of sp³-hybridized carbons (Fsp3) is 0.176. The molecule has 0 bridgehead atoms. The first-order valence-corrected chi connectivity index (χ1v) is 6.67. The molecule has 2 aromatic rings. The Kier molecular flexibility index (Phi) is 5.10. The van der Waals surface area contributed by atoms with Crippen molar-refractivity contribution in [3.8, 4) is 5.75 Å². The number of nitrogens with one attached hydrogen (secondary N) is 1. The van der Waals surface area contributed by atoms with Gasteiger partial charge in [-0.1, -0.05) is 30.3 Å². The highest BCUT2D eigenvalue weighted by Gasteiger charge is 2.10. The van der Waals surface area contributed by atoms with Gasteiger partial charge in [-0.2, -0.15) is 0 Å².